The third-order valence-corrected chi connectivity index (χ3v) is 1.61. The summed E-state index contributed by atoms with van der Waals surface area (Å²) in [6, 6.07) is 0. The minimum absolute atomic E-state index is 0.426. The lowest BCUT2D eigenvalue weighted by Crippen LogP contribution is -2.28. The van der Waals surface area contributed by atoms with Crippen molar-refractivity contribution in [3.05, 3.63) is 0 Å². The van der Waals surface area contributed by atoms with Crippen molar-refractivity contribution in [2.75, 3.05) is 26.2 Å². The third kappa shape index (κ3) is 12.5. The Morgan fingerprint density at radius 3 is 1.53 bits per heavy atom. The normalized spacial score (nSPS) is 9.60. The SMILES string of the molecule is O=C(O)NCCCNCCCNC(=O)O. The number of rotatable bonds is 8. The van der Waals surface area contributed by atoms with E-state index in [1.54, 1.807) is 0 Å². The second-order valence-electron chi connectivity index (χ2n) is 2.92. The van der Waals surface area contributed by atoms with Gasteiger partial charge in [0, 0.05) is 13.1 Å². The summed E-state index contributed by atoms with van der Waals surface area (Å²) < 4.78 is 0. The largest absolute Gasteiger partial charge is 0.465 e. The molecular formula is C8H17N3O4. The van der Waals surface area contributed by atoms with Crippen molar-refractivity contribution in [1.82, 2.24) is 16.0 Å². The molecule has 2 amide bonds. The van der Waals surface area contributed by atoms with Crippen LogP contribution in [0.5, 0.6) is 0 Å². The summed E-state index contributed by atoms with van der Waals surface area (Å²) in [7, 11) is 0. The quantitative estimate of drug-likeness (QED) is 0.366. The van der Waals surface area contributed by atoms with E-state index in [-0.39, 0.29) is 0 Å². The Hall–Kier alpha value is -1.50. The molecule has 0 aliphatic heterocycles. The number of hydrogen-bond donors (Lipinski definition) is 5. The van der Waals surface area contributed by atoms with Crippen molar-refractivity contribution in [3.8, 4) is 0 Å². The maximum Gasteiger partial charge on any atom is 0.404 e. The number of amides is 2. The van der Waals surface area contributed by atoms with Crippen molar-refractivity contribution in [3.63, 3.8) is 0 Å². The molecule has 0 bridgehead atoms. The van der Waals surface area contributed by atoms with Gasteiger partial charge >= 0.3 is 12.2 Å². The smallest absolute Gasteiger partial charge is 0.404 e. The van der Waals surface area contributed by atoms with Gasteiger partial charge in [-0.3, -0.25) is 0 Å². The maximum atomic E-state index is 10.0. The van der Waals surface area contributed by atoms with Gasteiger partial charge in [-0.2, -0.15) is 0 Å². The lowest BCUT2D eigenvalue weighted by Gasteiger charge is -2.04. The molecule has 0 aliphatic carbocycles. The summed E-state index contributed by atoms with van der Waals surface area (Å²) in [5.41, 5.74) is 0. The molecule has 7 nitrogen and oxygen atoms in total. The molecule has 0 saturated carbocycles. The van der Waals surface area contributed by atoms with Gasteiger partial charge in [0.25, 0.3) is 0 Å². The molecule has 0 unspecified atom stereocenters. The molecule has 0 rings (SSSR count). The fourth-order valence-electron chi connectivity index (χ4n) is 0.942. The summed E-state index contributed by atoms with van der Waals surface area (Å²) >= 11 is 0. The van der Waals surface area contributed by atoms with Gasteiger partial charge in [0.05, 0.1) is 0 Å². The number of hydrogen-bond acceptors (Lipinski definition) is 3. The first kappa shape index (κ1) is 13.5. The van der Waals surface area contributed by atoms with E-state index < -0.39 is 12.2 Å². The minimum atomic E-state index is -1.01. The topological polar surface area (TPSA) is 111 Å². The monoisotopic (exact) mass is 219 g/mol. The van der Waals surface area contributed by atoms with Gasteiger partial charge in [-0.25, -0.2) is 9.59 Å². The van der Waals surface area contributed by atoms with E-state index in [0.717, 1.165) is 12.8 Å². The van der Waals surface area contributed by atoms with E-state index in [1.165, 1.54) is 0 Å². The van der Waals surface area contributed by atoms with E-state index in [1.807, 2.05) is 0 Å². The van der Waals surface area contributed by atoms with Crippen molar-refractivity contribution < 1.29 is 19.8 Å². The van der Waals surface area contributed by atoms with E-state index in [2.05, 4.69) is 16.0 Å². The molecule has 0 radical (unpaired) electrons. The van der Waals surface area contributed by atoms with Crippen LogP contribution in [0.2, 0.25) is 0 Å². The highest BCUT2D eigenvalue weighted by atomic mass is 16.4. The molecule has 0 fully saturated rings. The van der Waals surface area contributed by atoms with Crippen LogP contribution in [-0.2, 0) is 0 Å². The fourth-order valence-corrected chi connectivity index (χ4v) is 0.942. The first-order valence-electron chi connectivity index (χ1n) is 4.77. The van der Waals surface area contributed by atoms with Crippen LogP contribution < -0.4 is 16.0 Å². The molecule has 15 heavy (non-hydrogen) atoms. The highest BCUT2D eigenvalue weighted by Gasteiger charge is 1.94. The predicted octanol–water partition coefficient (Wildman–Crippen LogP) is -0.109. The lowest BCUT2D eigenvalue weighted by atomic mass is 10.4. The van der Waals surface area contributed by atoms with Gasteiger partial charge < -0.3 is 26.2 Å². The number of carboxylic acid groups (broad SMARTS) is 2. The Bertz CT molecular complexity index is 178. The first-order valence-corrected chi connectivity index (χ1v) is 4.77. The van der Waals surface area contributed by atoms with E-state index in [9.17, 15) is 9.59 Å². The van der Waals surface area contributed by atoms with E-state index >= 15 is 0 Å². The fraction of sp³-hybridized carbons (Fsp3) is 0.750. The predicted molar refractivity (Wildman–Crippen MR) is 54.2 cm³/mol. The van der Waals surface area contributed by atoms with Gasteiger partial charge in [-0.05, 0) is 25.9 Å². The van der Waals surface area contributed by atoms with E-state index in [4.69, 9.17) is 10.2 Å². The van der Waals surface area contributed by atoms with Crippen LogP contribution in [0, 0.1) is 0 Å². The summed E-state index contributed by atoms with van der Waals surface area (Å²) in [5.74, 6) is 0. The Labute approximate surface area is 87.9 Å². The Balaban J connectivity index is 2.99. The molecule has 0 heterocycles. The maximum absolute atomic E-state index is 10.0. The van der Waals surface area contributed by atoms with Crippen LogP contribution in [0.25, 0.3) is 0 Å². The Kier molecular flexibility index (Phi) is 8.16. The first-order chi connectivity index (χ1) is 7.13. The van der Waals surface area contributed by atoms with Crippen molar-refractivity contribution >= 4 is 12.2 Å². The van der Waals surface area contributed by atoms with Gasteiger partial charge in [-0.1, -0.05) is 0 Å². The van der Waals surface area contributed by atoms with Crippen LogP contribution in [0.1, 0.15) is 12.8 Å². The van der Waals surface area contributed by atoms with Gasteiger partial charge in [0.2, 0.25) is 0 Å². The zero-order valence-corrected chi connectivity index (χ0v) is 8.45. The number of nitrogens with one attached hydrogen (secondary N) is 3. The zero-order chi connectivity index (χ0) is 11.5. The standard InChI is InChI=1S/C8H17N3O4/c12-7(13)10-5-1-3-9-4-2-6-11-8(14)15/h9-11H,1-6H2,(H,12,13)(H,14,15). The van der Waals surface area contributed by atoms with Crippen LogP contribution >= 0.6 is 0 Å². The molecule has 0 aromatic heterocycles. The average molecular weight is 219 g/mol. The van der Waals surface area contributed by atoms with Gasteiger partial charge in [-0.15, -0.1) is 0 Å². The van der Waals surface area contributed by atoms with Crippen LogP contribution in [0.15, 0.2) is 0 Å². The van der Waals surface area contributed by atoms with Crippen LogP contribution in [-0.4, -0.2) is 48.6 Å². The zero-order valence-electron chi connectivity index (χ0n) is 8.45. The summed E-state index contributed by atoms with van der Waals surface area (Å²) in [4.78, 5) is 20.1. The molecule has 88 valence electrons. The number of carbonyl (C=O) groups is 2. The molecule has 0 aliphatic rings. The molecule has 5 N–H and O–H groups in total. The summed E-state index contributed by atoms with van der Waals surface area (Å²) in [5, 5.41) is 24.1. The molecule has 0 saturated heterocycles. The van der Waals surface area contributed by atoms with Crippen LogP contribution in [0.3, 0.4) is 0 Å². The van der Waals surface area contributed by atoms with Crippen molar-refractivity contribution in [2.24, 2.45) is 0 Å². The van der Waals surface area contributed by atoms with Gasteiger partial charge in [0.1, 0.15) is 0 Å². The van der Waals surface area contributed by atoms with E-state index in [0.29, 0.717) is 26.2 Å². The second-order valence-corrected chi connectivity index (χ2v) is 2.92. The molecule has 0 spiro atoms. The Morgan fingerprint density at radius 1 is 0.800 bits per heavy atom. The highest BCUT2D eigenvalue weighted by molar-refractivity contribution is 5.64. The molecular weight excluding hydrogens is 202 g/mol. The summed E-state index contributed by atoms with van der Waals surface area (Å²) in [6.07, 6.45) is -0.585. The average Bonchev–Trinajstić information content (AvgIpc) is 2.14. The van der Waals surface area contributed by atoms with Gasteiger partial charge in [0.15, 0.2) is 0 Å². The third-order valence-electron chi connectivity index (χ3n) is 1.61. The molecule has 7 heteroatoms. The molecule has 0 aromatic carbocycles. The van der Waals surface area contributed by atoms with Crippen LogP contribution in [0.4, 0.5) is 9.59 Å². The van der Waals surface area contributed by atoms with Crippen molar-refractivity contribution in [2.45, 2.75) is 12.8 Å². The molecule has 0 aromatic rings. The van der Waals surface area contributed by atoms with Crippen molar-refractivity contribution in [1.29, 1.82) is 0 Å². The minimum Gasteiger partial charge on any atom is -0.465 e. The highest BCUT2D eigenvalue weighted by Crippen LogP contribution is 1.77. The summed E-state index contributed by atoms with van der Waals surface area (Å²) in [6.45, 7) is 2.28. The Morgan fingerprint density at radius 2 is 1.20 bits per heavy atom. The second kappa shape index (κ2) is 9.07. The lowest BCUT2D eigenvalue weighted by molar-refractivity contribution is 0.193. The molecule has 0 atom stereocenters.